The molecule has 4 nitrogen and oxygen atoms in total. The second-order valence-corrected chi connectivity index (χ2v) is 5.74. The summed E-state index contributed by atoms with van der Waals surface area (Å²) in [4.78, 5) is 13.6. The predicted octanol–water partition coefficient (Wildman–Crippen LogP) is 1.40. The molecular weight excluding hydrogens is 246 g/mol. The Labute approximate surface area is 114 Å². The number of thiocarbonyl (C=S) groups is 1. The zero-order chi connectivity index (χ0) is 13.1. The Balaban J connectivity index is 2.03. The minimum Gasteiger partial charge on any atom is -0.363 e. The molecule has 5 heteroatoms. The van der Waals surface area contributed by atoms with E-state index in [1.807, 2.05) is 0 Å². The molecule has 1 unspecified atom stereocenters. The van der Waals surface area contributed by atoms with Crippen molar-refractivity contribution in [3.8, 4) is 0 Å². The minimum atomic E-state index is 0.0841. The standard InChI is InChI=1S/C13H23N3OS/c1-3-14-13(18)16-11-5-4-6-12(16)8-10(7-11)15-9(2)17/h10-12H,3-8H2,1-2H3,(H,14,18)(H,15,17)/t10?,11-,12+. The first-order valence-corrected chi connectivity index (χ1v) is 7.36. The Kier molecular flexibility index (Phi) is 4.43. The van der Waals surface area contributed by atoms with Gasteiger partial charge in [0.05, 0.1) is 0 Å². The van der Waals surface area contributed by atoms with Crippen LogP contribution in [0.2, 0.25) is 0 Å². The average molecular weight is 269 g/mol. The van der Waals surface area contributed by atoms with Crippen LogP contribution in [0.25, 0.3) is 0 Å². The summed E-state index contributed by atoms with van der Waals surface area (Å²) < 4.78 is 0. The predicted molar refractivity (Wildman–Crippen MR) is 76.4 cm³/mol. The van der Waals surface area contributed by atoms with E-state index >= 15 is 0 Å². The summed E-state index contributed by atoms with van der Waals surface area (Å²) in [7, 11) is 0. The van der Waals surface area contributed by atoms with Crippen LogP contribution in [0, 0.1) is 0 Å². The second kappa shape index (κ2) is 5.87. The van der Waals surface area contributed by atoms with E-state index in [4.69, 9.17) is 12.2 Å². The number of hydrogen-bond acceptors (Lipinski definition) is 2. The quantitative estimate of drug-likeness (QED) is 0.744. The fourth-order valence-corrected chi connectivity index (χ4v) is 3.80. The van der Waals surface area contributed by atoms with Crippen LogP contribution in [0.3, 0.4) is 0 Å². The first kappa shape index (κ1) is 13.6. The van der Waals surface area contributed by atoms with Gasteiger partial charge in [0.15, 0.2) is 5.11 Å². The van der Waals surface area contributed by atoms with Gasteiger partial charge in [-0.3, -0.25) is 4.79 Å². The lowest BCUT2D eigenvalue weighted by Crippen LogP contribution is -2.60. The monoisotopic (exact) mass is 269 g/mol. The van der Waals surface area contributed by atoms with Crippen LogP contribution in [0.15, 0.2) is 0 Å². The van der Waals surface area contributed by atoms with Crippen LogP contribution in [0.5, 0.6) is 0 Å². The highest BCUT2D eigenvalue weighted by atomic mass is 32.1. The molecule has 0 aromatic carbocycles. The van der Waals surface area contributed by atoms with Crippen molar-refractivity contribution in [2.24, 2.45) is 0 Å². The van der Waals surface area contributed by atoms with E-state index in [1.54, 1.807) is 6.92 Å². The van der Waals surface area contributed by atoms with Crippen molar-refractivity contribution < 1.29 is 4.79 Å². The number of nitrogens with one attached hydrogen (secondary N) is 2. The van der Waals surface area contributed by atoms with Crippen LogP contribution in [0.4, 0.5) is 0 Å². The van der Waals surface area contributed by atoms with E-state index in [2.05, 4.69) is 22.5 Å². The molecule has 18 heavy (non-hydrogen) atoms. The highest BCUT2D eigenvalue weighted by Gasteiger charge is 2.39. The molecule has 2 heterocycles. The summed E-state index contributed by atoms with van der Waals surface area (Å²) in [6.07, 6.45) is 5.73. The Hall–Kier alpha value is -0.840. The molecule has 2 N–H and O–H groups in total. The van der Waals surface area contributed by atoms with Crippen molar-refractivity contribution >= 4 is 23.2 Å². The summed E-state index contributed by atoms with van der Waals surface area (Å²) in [5.41, 5.74) is 0. The van der Waals surface area contributed by atoms with E-state index in [0.29, 0.717) is 18.1 Å². The van der Waals surface area contributed by atoms with Crippen molar-refractivity contribution in [3.05, 3.63) is 0 Å². The van der Waals surface area contributed by atoms with Gasteiger partial charge < -0.3 is 15.5 Å². The van der Waals surface area contributed by atoms with Crippen molar-refractivity contribution in [1.82, 2.24) is 15.5 Å². The van der Waals surface area contributed by atoms with E-state index in [-0.39, 0.29) is 5.91 Å². The molecule has 0 aromatic heterocycles. The zero-order valence-corrected chi connectivity index (χ0v) is 12.1. The van der Waals surface area contributed by atoms with Gasteiger partial charge in [-0.15, -0.1) is 0 Å². The highest BCUT2D eigenvalue weighted by Crippen LogP contribution is 2.34. The van der Waals surface area contributed by atoms with Crippen molar-refractivity contribution in [3.63, 3.8) is 0 Å². The molecule has 2 aliphatic heterocycles. The molecule has 2 fully saturated rings. The van der Waals surface area contributed by atoms with Crippen LogP contribution in [0.1, 0.15) is 46.0 Å². The first-order valence-electron chi connectivity index (χ1n) is 6.95. The van der Waals surface area contributed by atoms with Gasteiger partial charge in [-0.1, -0.05) is 0 Å². The molecule has 102 valence electrons. The fourth-order valence-electron chi connectivity index (χ4n) is 3.36. The molecule has 1 amide bonds. The van der Waals surface area contributed by atoms with Crippen molar-refractivity contribution in [1.29, 1.82) is 0 Å². The SMILES string of the molecule is CCNC(=S)N1[C@@H]2CCC[C@H]1CC(NC(C)=O)C2. The third kappa shape index (κ3) is 2.94. The number of amides is 1. The fraction of sp³-hybridized carbons (Fsp3) is 0.846. The van der Waals surface area contributed by atoms with Gasteiger partial charge >= 0.3 is 0 Å². The van der Waals surface area contributed by atoms with E-state index in [1.165, 1.54) is 19.3 Å². The minimum absolute atomic E-state index is 0.0841. The Bertz CT molecular complexity index is 320. The lowest BCUT2D eigenvalue weighted by atomic mass is 9.82. The van der Waals surface area contributed by atoms with Gasteiger partial charge in [-0.05, 0) is 51.2 Å². The molecule has 0 radical (unpaired) electrons. The molecular formula is C13H23N3OS. The molecule has 0 aliphatic carbocycles. The second-order valence-electron chi connectivity index (χ2n) is 5.35. The smallest absolute Gasteiger partial charge is 0.217 e. The topological polar surface area (TPSA) is 44.4 Å². The number of hydrogen-bond donors (Lipinski definition) is 2. The van der Waals surface area contributed by atoms with Crippen LogP contribution < -0.4 is 10.6 Å². The number of nitrogens with zero attached hydrogens (tertiary/aromatic N) is 1. The molecule has 0 spiro atoms. The van der Waals surface area contributed by atoms with Crippen molar-refractivity contribution in [2.45, 2.75) is 64.1 Å². The maximum atomic E-state index is 11.2. The molecule has 2 rings (SSSR count). The number of piperidine rings is 2. The lowest BCUT2D eigenvalue weighted by Gasteiger charge is -2.50. The maximum absolute atomic E-state index is 11.2. The van der Waals surface area contributed by atoms with E-state index < -0.39 is 0 Å². The number of rotatable bonds is 2. The third-order valence-corrected chi connectivity index (χ3v) is 4.30. The summed E-state index contributed by atoms with van der Waals surface area (Å²) in [5.74, 6) is 0.0841. The van der Waals surface area contributed by atoms with Crippen LogP contribution in [-0.4, -0.2) is 40.6 Å². The van der Waals surface area contributed by atoms with Crippen LogP contribution >= 0.6 is 12.2 Å². The summed E-state index contributed by atoms with van der Waals surface area (Å²) in [5, 5.41) is 7.24. The largest absolute Gasteiger partial charge is 0.363 e. The molecule has 0 saturated carbocycles. The van der Waals surface area contributed by atoms with E-state index in [9.17, 15) is 4.79 Å². The molecule has 0 aromatic rings. The summed E-state index contributed by atoms with van der Waals surface area (Å²) >= 11 is 5.48. The highest BCUT2D eigenvalue weighted by molar-refractivity contribution is 7.80. The number of fused-ring (bicyclic) bond motifs is 2. The van der Waals surface area contributed by atoms with Gasteiger partial charge in [0.25, 0.3) is 0 Å². The third-order valence-electron chi connectivity index (χ3n) is 3.94. The van der Waals surface area contributed by atoms with Gasteiger partial charge in [-0.25, -0.2) is 0 Å². The van der Waals surface area contributed by atoms with Crippen LogP contribution in [-0.2, 0) is 4.79 Å². The lowest BCUT2D eigenvalue weighted by molar-refractivity contribution is -0.120. The maximum Gasteiger partial charge on any atom is 0.217 e. The Morgan fingerprint density at radius 1 is 1.33 bits per heavy atom. The average Bonchev–Trinajstić information content (AvgIpc) is 2.27. The summed E-state index contributed by atoms with van der Waals surface area (Å²) in [6.45, 7) is 4.56. The van der Waals surface area contributed by atoms with Gasteiger partial charge in [-0.2, -0.15) is 0 Å². The zero-order valence-electron chi connectivity index (χ0n) is 11.2. The summed E-state index contributed by atoms with van der Waals surface area (Å²) in [6, 6.07) is 1.33. The Morgan fingerprint density at radius 2 is 1.94 bits per heavy atom. The molecule has 3 atom stereocenters. The van der Waals surface area contributed by atoms with Gasteiger partial charge in [0.1, 0.15) is 0 Å². The normalized spacial score (nSPS) is 30.8. The number of carbonyl (C=O) groups excluding carboxylic acids is 1. The van der Waals surface area contributed by atoms with Crippen molar-refractivity contribution in [2.75, 3.05) is 6.54 Å². The van der Waals surface area contributed by atoms with Gasteiger partial charge in [0.2, 0.25) is 5.91 Å². The Morgan fingerprint density at radius 3 is 2.44 bits per heavy atom. The molecule has 2 aliphatic rings. The van der Waals surface area contributed by atoms with E-state index in [0.717, 1.165) is 24.5 Å². The number of carbonyl (C=O) groups is 1. The first-order chi connectivity index (χ1) is 8.61. The molecule has 2 bridgehead atoms. The van der Waals surface area contributed by atoms with Gasteiger partial charge in [0, 0.05) is 31.6 Å². The molecule has 2 saturated heterocycles.